The highest BCUT2D eigenvalue weighted by Crippen LogP contribution is 2.23. The number of sulfonamides is 1. The van der Waals surface area contributed by atoms with E-state index < -0.39 is 10.0 Å². The van der Waals surface area contributed by atoms with E-state index in [1.165, 1.54) is 11.1 Å². The summed E-state index contributed by atoms with van der Waals surface area (Å²) in [5.41, 5.74) is 5.54. The van der Waals surface area contributed by atoms with Gasteiger partial charge in [-0.15, -0.1) is 0 Å². The van der Waals surface area contributed by atoms with Gasteiger partial charge in [-0.1, -0.05) is 29.8 Å². The van der Waals surface area contributed by atoms with E-state index >= 15 is 0 Å². The van der Waals surface area contributed by atoms with Crippen molar-refractivity contribution in [3.63, 3.8) is 0 Å². The van der Waals surface area contributed by atoms with Crippen LogP contribution in [0.5, 0.6) is 0 Å². The molecule has 2 aromatic rings. The molecule has 0 aromatic heterocycles. The standard InChI is InChI=1S/C18H23NO2S/c1-12-6-8-17(9-7-12)22(20,21)19-16(5)18-11-14(3)13(2)10-15(18)4/h6-11,16,19H,1-5H3/t16-/m1/s1. The van der Waals surface area contributed by atoms with Gasteiger partial charge in [0.25, 0.3) is 0 Å². The SMILES string of the molecule is Cc1ccc(S(=O)(=O)N[C@H](C)c2cc(C)c(C)cc2C)cc1. The molecule has 0 aliphatic heterocycles. The number of aryl methyl sites for hydroxylation is 4. The van der Waals surface area contributed by atoms with Crippen LogP contribution in [0.3, 0.4) is 0 Å². The lowest BCUT2D eigenvalue weighted by molar-refractivity contribution is 0.566. The van der Waals surface area contributed by atoms with E-state index in [4.69, 9.17) is 0 Å². The molecular formula is C18H23NO2S. The molecule has 0 radical (unpaired) electrons. The van der Waals surface area contributed by atoms with Crippen LogP contribution in [-0.2, 0) is 10.0 Å². The lowest BCUT2D eigenvalue weighted by Gasteiger charge is -2.18. The van der Waals surface area contributed by atoms with Crippen LogP contribution in [0.25, 0.3) is 0 Å². The molecule has 4 heteroatoms. The maximum atomic E-state index is 12.5. The molecule has 0 fully saturated rings. The van der Waals surface area contributed by atoms with Gasteiger partial charge in [0, 0.05) is 6.04 Å². The minimum absolute atomic E-state index is 0.273. The second kappa shape index (κ2) is 6.23. The van der Waals surface area contributed by atoms with E-state index in [-0.39, 0.29) is 6.04 Å². The molecule has 0 aliphatic carbocycles. The molecule has 118 valence electrons. The Morgan fingerprint density at radius 2 is 1.41 bits per heavy atom. The fourth-order valence-electron chi connectivity index (χ4n) is 2.53. The molecule has 1 N–H and O–H groups in total. The van der Waals surface area contributed by atoms with Gasteiger partial charge in [0.2, 0.25) is 10.0 Å². The number of hydrogen-bond donors (Lipinski definition) is 1. The van der Waals surface area contributed by atoms with Crippen LogP contribution >= 0.6 is 0 Å². The van der Waals surface area contributed by atoms with Crippen molar-refractivity contribution in [3.05, 3.63) is 64.2 Å². The average molecular weight is 317 g/mol. The first kappa shape index (κ1) is 16.7. The summed E-state index contributed by atoms with van der Waals surface area (Å²) in [5, 5.41) is 0. The highest BCUT2D eigenvalue weighted by Gasteiger charge is 2.19. The third kappa shape index (κ3) is 3.57. The molecule has 0 amide bonds. The monoisotopic (exact) mass is 317 g/mol. The highest BCUT2D eigenvalue weighted by atomic mass is 32.2. The summed E-state index contributed by atoms with van der Waals surface area (Å²) in [6, 6.07) is 10.8. The van der Waals surface area contributed by atoms with Gasteiger partial charge >= 0.3 is 0 Å². The van der Waals surface area contributed by atoms with Gasteiger partial charge in [-0.05, 0) is 69.0 Å². The molecule has 0 bridgehead atoms. The fraction of sp³-hybridized carbons (Fsp3) is 0.333. The highest BCUT2D eigenvalue weighted by molar-refractivity contribution is 7.89. The second-order valence-corrected chi connectivity index (χ2v) is 7.66. The Hall–Kier alpha value is -1.65. The number of rotatable bonds is 4. The second-order valence-electron chi connectivity index (χ2n) is 5.95. The predicted octanol–water partition coefficient (Wildman–Crippen LogP) is 3.96. The van der Waals surface area contributed by atoms with E-state index in [0.29, 0.717) is 4.90 Å². The van der Waals surface area contributed by atoms with Gasteiger partial charge in [0.05, 0.1) is 4.90 Å². The van der Waals surface area contributed by atoms with Crippen molar-refractivity contribution in [2.75, 3.05) is 0 Å². The molecule has 0 saturated carbocycles. The topological polar surface area (TPSA) is 46.2 Å². The Balaban J connectivity index is 2.30. The van der Waals surface area contributed by atoms with Crippen LogP contribution in [0.15, 0.2) is 41.3 Å². The van der Waals surface area contributed by atoms with Gasteiger partial charge in [0.1, 0.15) is 0 Å². The maximum absolute atomic E-state index is 12.5. The van der Waals surface area contributed by atoms with Crippen LogP contribution in [-0.4, -0.2) is 8.42 Å². The minimum atomic E-state index is -3.51. The smallest absolute Gasteiger partial charge is 0.207 e. The fourth-order valence-corrected chi connectivity index (χ4v) is 3.75. The van der Waals surface area contributed by atoms with E-state index in [1.54, 1.807) is 24.3 Å². The summed E-state index contributed by atoms with van der Waals surface area (Å²) in [6.45, 7) is 9.93. The summed E-state index contributed by atoms with van der Waals surface area (Å²) in [4.78, 5) is 0.298. The van der Waals surface area contributed by atoms with Crippen LogP contribution in [0.2, 0.25) is 0 Å². The van der Waals surface area contributed by atoms with Gasteiger partial charge in [-0.3, -0.25) is 0 Å². The zero-order valence-electron chi connectivity index (χ0n) is 13.8. The summed E-state index contributed by atoms with van der Waals surface area (Å²) in [7, 11) is -3.51. The molecule has 0 unspecified atom stereocenters. The van der Waals surface area contributed by atoms with Crippen molar-refractivity contribution >= 4 is 10.0 Å². The molecule has 3 nitrogen and oxygen atoms in total. The maximum Gasteiger partial charge on any atom is 0.241 e. The molecule has 0 aliphatic rings. The zero-order valence-corrected chi connectivity index (χ0v) is 14.6. The summed E-state index contributed by atoms with van der Waals surface area (Å²) in [5.74, 6) is 0. The van der Waals surface area contributed by atoms with Crippen molar-refractivity contribution in [2.24, 2.45) is 0 Å². The normalized spacial score (nSPS) is 13.1. The van der Waals surface area contributed by atoms with Crippen LogP contribution in [0.1, 0.15) is 40.8 Å². The zero-order chi connectivity index (χ0) is 16.5. The van der Waals surface area contributed by atoms with Crippen molar-refractivity contribution in [1.29, 1.82) is 0 Å². The van der Waals surface area contributed by atoms with Gasteiger partial charge in [0.15, 0.2) is 0 Å². The Bertz CT molecular complexity index is 777. The predicted molar refractivity (Wildman–Crippen MR) is 90.6 cm³/mol. The Labute approximate surface area is 133 Å². The molecular weight excluding hydrogens is 294 g/mol. The minimum Gasteiger partial charge on any atom is -0.207 e. The summed E-state index contributed by atoms with van der Waals surface area (Å²) >= 11 is 0. The molecule has 2 rings (SSSR count). The number of hydrogen-bond acceptors (Lipinski definition) is 2. The molecule has 22 heavy (non-hydrogen) atoms. The Morgan fingerprint density at radius 1 is 0.864 bits per heavy atom. The van der Waals surface area contributed by atoms with Gasteiger partial charge < -0.3 is 0 Å². The summed E-state index contributed by atoms with van der Waals surface area (Å²) < 4.78 is 27.7. The van der Waals surface area contributed by atoms with Gasteiger partial charge in [-0.2, -0.15) is 0 Å². The van der Waals surface area contributed by atoms with Crippen LogP contribution in [0.4, 0.5) is 0 Å². The molecule has 0 saturated heterocycles. The van der Waals surface area contributed by atoms with E-state index in [9.17, 15) is 8.42 Å². The van der Waals surface area contributed by atoms with Crippen molar-refractivity contribution in [3.8, 4) is 0 Å². The van der Waals surface area contributed by atoms with Crippen molar-refractivity contribution in [1.82, 2.24) is 4.72 Å². The summed E-state index contributed by atoms with van der Waals surface area (Å²) in [6.07, 6.45) is 0. The van der Waals surface area contributed by atoms with Crippen LogP contribution < -0.4 is 4.72 Å². The third-order valence-electron chi connectivity index (χ3n) is 4.01. The lowest BCUT2D eigenvalue weighted by Crippen LogP contribution is -2.27. The van der Waals surface area contributed by atoms with Crippen molar-refractivity contribution < 1.29 is 8.42 Å². The van der Waals surface area contributed by atoms with Crippen molar-refractivity contribution in [2.45, 2.75) is 45.6 Å². The Morgan fingerprint density at radius 3 is 2.00 bits per heavy atom. The number of nitrogens with one attached hydrogen (secondary N) is 1. The first-order valence-corrected chi connectivity index (χ1v) is 8.86. The van der Waals surface area contributed by atoms with E-state index in [0.717, 1.165) is 16.7 Å². The first-order valence-electron chi connectivity index (χ1n) is 7.37. The number of benzene rings is 2. The molecule has 2 aromatic carbocycles. The largest absolute Gasteiger partial charge is 0.241 e. The average Bonchev–Trinajstić information content (AvgIpc) is 2.42. The third-order valence-corrected chi connectivity index (χ3v) is 5.57. The van der Waals surface area contributed by atoms with Crippen LogP contribution in [0, 0.1) is 27.7 Å². The molecule has 1 atom stereocenters. The van der Waals surface area contributed by atoms with E-state index in [2.05, 4.69) is 23.8 Å². The Kier molecular flexibility index (Phi) is 4.73. The van der Waals surface area contributed by atoms with Gasteiger partial charge in [-0.25, -0.2) is 13.1 Å². The molecule has 0 heterocycles. The quantitative estimate of drug-likeness (QED) is 0.928. The first-order chi connectivity index (χ1) is 10.2. The molecule has 0 spiro atoms. The van der Waals surface area contributed by atoms with E-state index in [1.807, 2.05) is 27.7 Å². The lowest BCUT2D eigenvalue weighted by atomic mass is 9.97.